The van der Waals surface area contributed by atoms with Crippen LogP contribution in [0.1, 0.15) is 5.56 Å². The van der Waals surface area contributed by atoms with E-state index >= 15 is 0 Å². The number of aliphatic hydroxyl groups is 1. The van der Waals surface area contributed by atoms with Gasteiger partial charge in [-0.1, -0.05) is 41.4 Å². The molecule has 1 atom stereocenters. The van der Waals surface area contributed by atoms with Gasteiger partial charge >= 0.3 is 0 Å². The third-order valence-corrected chi connectivity index (χ3v) is 5.73. The van der Waals surface area contributed by atoms with Crippen LogP contribution in [-0.4, -0.2) is 27.4 Å². The standard InChI is InChI=1S/C22H19ClN2O3S/c1-14-2-8-18(9-3-14)28-11-17(26)10-25-13-24-21-20(22(25)27)19(12-29-21)15-4-6-16(23)7-5-15/h2-9,12-13,17,26H,10-11H2,1H3/t17-/m1/s1. The van der Waals surface area contributed by atoms with Crippen LogP contribution in [0.3, 0.4) is 0 Å². The molecule has 2 aromatic carbocycles. The first kappa shape index (κ1) is 19.6. The van der Waals surface area contributed by atoms with Crippen LogP contribution < -0.4 is 10.3 Å². The molecule has 2 heterocycles. The second-order valence-corrected chi connectivity index (χ2v) is 8.11. The number of aliphatic hydroxyl groups excluding tert-OH is 1. The van der Waals surface area contributed by atoms with Gasteiger partial charge in [0, 0.05) is 16.0 Å². The molecule has 4 rings (SSSR count). The van der Waals surface area contributed by atoms with Crippen LogP contribution in [0.2, 0.25) is 5.02 Å². The number of halogens is 1. The van der Waals surface area contributed by atoms with Crippen LogP contribution in [0, 0.1) is 6.92 Å². The van der Waals surface area contributed by atoms with E-state index in [1.165, 1.54) is 22.2 Å². The van der Waals surface area contributed by atoms with Crippen molar-refractivity contribution in [2.45, 2.75) is 19.6 Å². The summed E-state index contributed by atoms with van der Waals surface area (Å²) in [4.78, 5) is 18.1. The molecule has 0 saturated carbocycles. The number of hydrogen-bond acceptors (Lipinski definition) is 5. The quantitative estimate of drug-likeness (QED) is 0.492. The van der Waals surface area contributed by atoms with Gasteiger partial charge in [-0.2, -0.15) is 0 Å². The highest BCUT2D eigenvalue weighted by atomic mass is 35.5. The minimum absolute atomic E-state index is 0.0845. The Morgan fingerprint density at radius 2 is 1.90 bits per heavy atom. The summed E-state index contributed by atoms with van der Waals surface area (Å²) >= 11 is 7.39. The summed E-state index contributed by atoms with van der Waals surface area (Å²) in [6, 6.07) is 14.9. The summed E-state index contributed by atoms with van der Waals surface area (Å²) in [6.07, 6.45) is 0.632. The van der Waals surface area contributed by atoms with E-state index in [0.29, 0.717) is 21.0 Å². The normalized spacial score (nSPS) is 12.2. The van der Waals surface area contributed by atoms with Gasteiger partial charge < -0.3 is 9.84 Å². The zero-order chi connectivity index (χ0) is 20.4. The van der Waals surface area contributed by atoms with Crippen LogP contribution in [0.25, 0.3) is 21.3 Å². The van der Waals surface area contributed by atoms with Crippen molar-refractivity contribution in [1.82, 2.24) is 9.55 Å². The first-order valence-electron chi connectivity index (χ1n) is 9.11. The van der Waals surface area contributed by atoms with Gasteiger partial charge in [0.1, 0.15) is 23.3 Å². The maximum atomic E-state index is 13.0. The lowest BCUT2D eigenvalue weighted by Crippen LogP contribution is -2.30. The van der Waals surface area contributed by atoms with E-state index in [4.69, 9.17) is 16.3 Å². The van der Waals surface area contributed by atoms with Gasteiger partial charge in [-0.25, -0.2) is 4.98 Å². The summed E-state index contributed by atoms with van der Waals surface area (Å²) in [6.45, 7) is 2.18. The summed E-state index contributed by atoms with van der Waals surface area (Å²) in [7, 11) is 0. The van der Waals surface area contributed by atoms with Crippen LogP contribution in [0.15, 0.2) is 65.0 Å². The molecule has 4 aromatic rings. The number of rotatable bonds is 6. The molecule has 148 valence electrons. The largest absolute Gasteiger partial charge is 0.491 e. The number of benzene rings is 2. The highest BCUT2D eigenvalue weighted by molar-refractivity contribution is 7.17. The number of ether oxygens (including phenoxy) is 1. The third kappa shape index (κ3) is 4.34. The zero-order valence-corrected chi connectivity index (χ0v) is 17.3. The van der Waals surface area contributed by atoms with Gasteiger partial charge in [-0.3, -0.25) is 9.36 Å². The Morgan fingerprint density at radius 3 is 2.62 bits per heavy atom. The van der Waals surface area contributed by atoms with Crippen molar-refractivity contribution in [3.05, 3.63) is 81.2 Å². The van der Waals surface area contributed by atoms with E-state index in [2.05, 4.69) is 4.98 Å². The molecule has 0 aliphatic rings. The van der Waals surface area contributed by atoms with E-state index in [-0.39, 0.29) is 18.7 Å². The SMILES string of the molecule is Cc1ccc(OC[C@H](O)Cn2cnc3scc(-c4ccc(Cl)cc4)c3c2=O)cc1. The highest BCUT2D eigenvalue weighted by Crippen LogP contribution is 2.31. The molecular formula is C22H19ClN2O3S. The smallest absolute Gasteiger partial charge is 0.262 e. The van der Waals surface area contributed by atoms with Crippen molar-refractivity contribution in [3.8, 4) is 16.9 Å². The fourth-order valence-electron chi connectivity index (χ4n) is 3.05. The van der Waals surface area contributed by atoms with E-state index in [1.807, 2.05) is 48.7 Å². The second-order valence-electron chi connectivity index (χ2n) is 6.82. The average Bonchev–Trinajstić information content (AvgIpc) is 3.15. The van der Waals surface area contributed by atoms with E-state index in [1.54, 1.807) is 12.1 Å². The Labute approximate surface area is 176 Å². The third-order valence-electron chi connectivity index (χ3n) is 4.59. The van der Waals surface area contributed by atoms with Crippen molar-refractivity contribution in [3.63, 3.8) is 0 Å². The molecule has 0 bridgehead atoms. The molecule has 29 heavy (non-hydrogen) atoms. The van der Waals surface area contributed by atoms with Crippen molar-refractivity contribution >= 4 is 33.2 Å². The topological polar surface area (TPSA) is 64.3 Å². The molecular weight excluding hydrogens is 408 g/mol. The van der Waals surface area contributed by atoms with Gasteiger partial charge in [0.25, 0.3) is 5.56 Å². The Balaban J connectivity index is 1.55. The predicted molar refractivity (Wildman–Crippen MR) is 117 cm³/mol. The summed E-state index contributed by atoms with van der Waals surface area (Å²) in [5, 5.41) is 13.5. The van der Waals surface area contributed by atoms with Crippen molar-refractivity contribution < 1.29 is 9.84 Å². The summed E-state index contributed by atoms with van der Waals surface area (Å²) in [5.74, 6) is 0.679. The fourth-order valence-corrected chi connectivity index (χ4v) is 4.08. The van der Waals surface area contributed by atoms with Crippen molar-refractivity contribution in [1.29, 1.82) is 0 Å². The lowest BCUT2D eigenvalue weighted by molar-refractivity contribution is 0.0915. The summed E-state index contributed by atoms with van der Waals surface area (Å²) in [5.41, 5.74) is 2.67. The first-order chi connectivity index (χ1) is 14.0. The lowest BCUT2D eigenvalue weighted by atomic mass is 10.1. The second kappa shape index (κ2) is 8.37. The molecule has 7 heteroatoms. The molecule has 0 unspecified atom stereocenters. The number of thiophene rings is 1. The Kier molecular flexibility index (Phi) is 5.67. The molecule has 0 aliphatic heterocycles. The van der Waals surface area contributed by atoms with Crippen molar-refractivity contribution in [2.24, 2.45) is 0 Å². The molecule has 0 saturated heterocycles. The van der Waals surface area contributed by atoms with Gasteiger partial charge in [-0.05, 0) is 36.8 Å². The van der Waals surface area contributed by atoms with Crippen LogP contribution in [-0.2, 0) is 6.54 Å². The van der Waals surface area contributed by atoms with E-state index in [0.717, 1.165) is 16.7 Å². The predicted octanol–water partition coefficient (Wildman–Crippen LogP) is 4.53. The number of fused-ring (bicyclic) bond motifs is 1. The number of hydrogen-bond donors (Lipinski definition) is 1. The van der Waals surface area contributed by atoms with Gasteiger partial charge in [0.2, 0.25) is 0 Å². The number of aromatic nitrogens is 2. The lowest BCUT2D eigenvalue weighted by Gasteiger charge is -2.14. The van der Waals surface area contributed by atoms with E-state index < -0.39 is 6.10 Å². The summed E-state index contributed by atoms with van der Waals surface area (Å²) < 4.78 is 7.04. The zero-order valence-electron chi connectivity index (χ0n) is 15.7. The van der Waals surface area contributed by atoms with E-state index in [9.17, 15) is 9.90 Å². The molecule has 0 amide bonds. The van der Waals surface area contributed by atoms with Crippen LogP contribution in [0.5, 0.6) is 5.75 Å². The Bertz CT molecular complexity index is 1180. The minimum atomic E-state index is -0.842. The number of aryl methyl sites for hydroxylation is 1. The molecule has 0 spiro atoms. The fraction of sp³-hybridized carbons (Fsp3) is 0.182. The molecule has 0 radical (unpaired) electrons. The van der Waals surface area contributed by atoms with Crippen LogP contribution in [0.4, 0.5) is 0 Å². The maximum absolute atomic E-state index is 13.0. The molecule has 0 fully saturated rings. The highest BCUT2D eigenvalue weighted by Gasteiger charge is 2.15. The molecule has 1 N–H and O–H groups in total. The monoisotopic (exact) mass is 426 g/mol. The average molecular weight is 427 g/mol. The van der Waals surface area contributed by atoms with Gasteiger partial charge in [0.05, 0.1) is 18.3 Å². The Hall–Kier alpha value is -2.67. The van der Waals surface area contributed by atoms with Gasteiger partial charge in [-0.15, -0.1) is 11.3 Å². The molecule has 0 aliphatic carbocycles. The first-order valence-corrected chi connectivity index (χ1v) is 10.4. The maximum Gasteiger partial charge on any atom is 0.262 e. The molecule has 2 aromatic heterocycles. The van der Waals surface area contributed by atoms with Gasteiger partial charge in [0.15, 0.2) is 0 Å². The minimum Gasteiger partial charge on any atom is -0.491 e. The Morgan fingerprint density at radius 1 is 1.17 bits per heavy atom. The molecule has 5 nitrogen and oxygen atoms in total. The number of nitrogens with zero attached hydrogens (tertiary/aromatic N) is 2. The van der Waals surface area contributed by atoms with Crippen molar-refractivity contribution in [2.75, 3.05) is 6.61 Å². The van der Waals surface area contributed by atoms with Crippen LogP contribution >= 0.6 is 22.9 Å².